The second kappa shape index (κ2) is 9.89. The molecule has 0 spiro atoms. The number of hydrogen-bond donors (Lipinski definition) is 1. The fourth-order valence-corrected chi connectivity index (χ4v) is 3.39. The molecule has 1 N–H and O–H groups in total. The molecular formula is C24H30FN3O4. The van der Waals surface area contributed by atoms with Crippen LogP contribution in [0.1, 0.15) is 38.3 Å². The lowest BCUT2D eigenvalue weighted by molar-refractivity contribution is 0.0580. The van der Waals surface area contributed by atoms with Crippen LogP contribution in [0.3, 0.4) is 0 Å². The van der Waals surface area contributed by atoms with Crippen molar-refractivity contribution in [3.8, 4) is 11.5 Å². The highest BCUT2D eigenvalue weighted by Crippen LogP contribution is 2.29. The van der Waals surface area contributed by atoms with Crippen molar-refractivity contribution in [3.05, 3.63) is 59.4 Å². The van der Waals surface area contributed by atoms with E-state index in [0.717, 1.165) is 16.8 Å². The summed E-state index contributed by atoms with van der Waals surface area (Å²) < 4.78 is 24.0. The number of carbonyl (C=O) groups is 1. The number of amides is 2. The SMILES string of the molecule is COc1ccc(C2=NO[C@H](CN(Cc3ccc(F)cc3)C(=O)NC(C)(C)C)C2)cc1OC. The third-order valence-electron chi connectivity index (χ3n) is 4.93. The van der Waals surface area contributed by atoms with Gasteiger partial charge in [0.1, 0.15) is 5.82 Å². The molecule has 1 aliphatic heterocycles. The smallest absolute Gasteiger partial charge is 0.318 e. The number of hydrogen-bond acceptors (Lipinski definition) is 5. The Morgan fingerprint density at radius 2 is 1.84 bits per heavy atom. The molecule has 172 valence electrons. The summed E-state index contributed by atoms with van der Waals surface area (Å²) in [7, 11) is 3.17. The molecule has 32 heavy (non-hydrogen) atoms. The summed E-state index contributed by atoms with van der Waals surface area (Å²) >= 11 is 0. The number of urea groups is 1. The van der Waals surface area contributed by atoms with Crippen molar-refractivity contribution in [2.45, 2.75) is 45.4 Å². The number of methoxy groups -OCH3 is 2. The maximum atomic E-state index is 13.3. The number of carbonyl (C=O) groups excluding carboxylic acids is 1. The van der Waals surface area contributed by atoms with Crippen molar-refractivity contribution in [1.82, 2.24) is 10.2 Å². The van der Waals surface area contributed by atoms with Gasteiger partial charge in [-0.1, -0.05) is 17.3 Å². The zero-order valence-electron chi connectivity index (χ0n) is 19.1. The van der Waals surface area contributed by atoms with Crippen molar-refractivity contribution in [2.24, 2.45) is 5.16 Å². The van der Waals surface area contributed by atoms with Crippen LogP contribution >= 0.6 is 0 Å². The largest absolute Gasteiger partial charge is 0.493 e. The molecule has 0 saturated heterocycles. The highest BCUT2D eigenvalue weighted by molar-refractivity contribution is 6.01. The Kier molecular flexibility index (Phi) is 7.22. The van der Waals surface area contributed by atoms with Crippen LogP contribution in [-0.4, -0.2) is 49.0 Å². The van der Waals surface area contributed by atoms with Crippen LogP contribution in [0.2, 0.25) is 0 Å². The van der Waals surface area contributed by atoms with E-state index >= 15 is 0 Å². The predicted molar refractivity (Wildman–Crippen MR) is 121 cm³/mol. The number of nitrogens with zero attached hydrogens (tertiary/aromatic N) is 2. The topological polar surface area (TPSA) is 72.4 Å². The first-order valence-electron chi connectivity index (χ1n) is 10.4. The molecule has 0 unspecified atom stereocenters. The summed E-state index contributed by atoms with van der Waals surface area (Å²) in [6.45, 7) is 6.43. The monoisotopic (exact) mass is 443 g/mol. The summed E-state index contributed by atoms with van der Waals surface area (Å²) in [4.78, 5) is 20.3. The lowest BCUT2D eigenvalue weighted by Gasteiger charge is -2.29. The number of oxime groups is 1. The van der Waals surface area contributed by atoms with E-state index in [1.165, 1.54) is 12.1 Å². The number of halogens is 1. The molecule has 2 aromatic rings. The van der Waals surface area contributed by atoms with Gasteiger partial charge in [0.25, 0.3) is 0 Å². The first kappa shape index (κ1) is 23.4. The maximum Gasteiger partial charge on any atom is 0.318 e. The van der Waals surface area contributed by atoms with Crippen LogP contribution in [0.4, 0.5) is 9.18 Å². The van der Waals surface area contributed by atoms with Gasteiger partial charge >= 0.3 is 6.03 Å². The van der Waals surface area contributed by atoms with E-state index < -0.39 is 5.54 Å². The van der Waals surface area contributed by atoms with Crippen LogP contribution in [0.15, 0.2) is 47.6 Å². The Labute approximate surface area is 188 Å². The van der Waals surface area contributed by atoms with E-state index in [-0.39, 0.29) is 18.0 Å². The first-order chi connectivity index (χ1) is 15.2. The van der Waals surface area contributed by atoms with Gasteiger partial charge in [-0.2, -0.15) is 0 Å². The van der Waals surface area contributed by atoms with Gasteiger partial charge in [0, 0.05) is 24.1 Å². The van der Waals surface area contributed by atoms with Crippen molar-refractivity contribution < 1.29 is 23.5 Å². The Balaban J connectivity index is 1.71. The summed E-state index contributed by atoms with van der Waals surface area (Å²) in [5, 5.41) is 7.22. The molecule has 8 heteroatoms. The predicted octanol–water partition coefficient (Wildman–Crippen LogP) is 4.35. The summed E-state index contributed by atoms with van der Waals surface area (Å²) in [6.07, 6.45) is 0.238. The van der Waals surface area contributed by atoms with Gasteiger partial charge < -0.3 is 24.5 Å². The van der Waals surface area contributed by atoms with Gasteiger partial charge in [-0.05, 0) is 56.7 Å². The third-order valence-corrected chi connectivity index (χ3v) is 4.93. The molecule has 1 atom stereocenters. The molecule has 3 rings (SSSR count). The van der Waals surface area contributed by atoms with Gasteiger partial charge in [-0.25, -0.2) is 9.18 Å². The molecule has 2 aromatic carbocycles. The fourth-order valence-electron chi connectivity index (χ4n) is 3.39. The zero-order chi connectivity index (χ0) is 23.3. The zero-order valence-corrected chi connectivity index (χ0v) is 19.1. The molecule has 0 saturated carbocycles. The Morgan fingerprint density at radius 3 is 2.47 bits per heavy atom. The molecule has 0 radical (unpaired) electrons. The van der Waals surface area contributed by atoms with E-state index in [2.05, 4.69) is 10.5 Å². The fraction of sp³-hybridized carbons (Fsp3) is 0.417. The average Bonchev–Trinajstić information content (AvgIpc) is 3.21. The number of ether oxygens (including phenoxy) is 2. The number of rotatable bonds is 7. The highest BCUT2D eigenvalue weighted by Gasteiger charge is 2.28. The van der Waals surface area contributed by atoms with E-state index in [4.69, 9.17) is 14.3 Å². The second-order valence-corrected chi connectivity index (χ2v) is 8.73. The van der Waals surface area contributed by atoms with Gasteiger partial charge in [-0.3, -0.25) is 0 Å². The molecule has 2 amide bonds. The van der Waals surface area contributed by atoms with Crippen molar-refractivity contribution >= 4 is 11.7 Å². The second-order valence-electron chi connectivity index (χ2n) is 8.73. The Bertz CT molecular complexity index is 970. The minimum atomic E-state index is -0.393. The summed E-state index contributed by atoms with van der Waals surface area (Å²) in [5.74, 6) is 0.932. The van der Waals surface area contributed by atoms with Crippen LogP contribution in [-0.2, 0) is 11.4 Å². The van der Waals surface area contributed by atoms with E-state index in [1.807, 2.05) is 39.0 Å². The van der Waals surface area contributed by atoms with Gasteiger partial charge in [0.2, 0.25) is 0 Å². The van der Waals surface area contributed by atoms with Crippen molar-refractivity contribution in [2.75, 3.05) is 20.8 Å². The van der Waals surface area contributed by atoms with Crippen LogP contribution in [0, 0.1) is 5.82 Å². The molecular weight excluding hydrogens is 413 g/mol. The molecule has 0 bridgehead atoms. The molecule has 0 aliphatic carbocycles. The third kappa shape index (κ3) is 6.12. The summed E-state index contributed by atoms with van der Waals surface area (Å²) in [5.41, 5.74) is 2.08. The van der Waals surface area contributed by atoms with Crippen molar-refractivity contribution in [3.63, 3.8) is 0 Å². The molecule has 0 aromatic heterocycles. The summed E-state index contributed by atoms with van der Waals surface area (Å²) in [6, 6.07) is 11.5. The molecule has 7 nitrogen and oxygen atoms in total. The van der Waals surface area contributed by atoms with Crippen LogP contribution < -0.4 is 14.8 Å². The van der Waals surface area contributed by atoms with Gasteiger partial charge in [0.15, 0.2) is 17.6 Å². The minimum Gasteiger partial charge on any atom is -0.493 e. The lowest BCUT2D eigenvalue weighted by Crippen LogP contribution is -2.50. The minimum absolute atomic E-state index is 0.218. The standard InChI is InChI=1S/C24H30FN3O4/c1-24(2,3)26-23(29)28(14-16-6-9-18(25)10-7-16)15-19-13-20(27-32-19)17-8-11-21(30-4)22(12-17)31-5/h6-12,19H,13-15H2,1-5H3,(H,26,29)/t19-/m0/s1. The Hall–Kier alpha value is -3.29. The molecule has 1 aliphatic rings. The van der Waals surface area contributed by atoms with Crippen molar-refractivity contribution in [1.29, 1.82) is 0 Å². The van der Waals surface area contributed by atoms with E-state index in [9.17, 15) is 9.18 Å². The normalized spacial score (nSPS) is 15.6. The van der Waals surface area contributed by atoms with Crippen LogP contribution in [0.25, 0.3) is 0 Å². The quantitative estimate of drug-likeness (QED) is 0.691. The first-order valence-corrected chi connectivity index (χ1v) is 10.4. The Morgan fingerprint density at radius 1 is 1.16 bits per heavy atom. The highest BCUT2D eigenvalue weighted by atomic mass is 19.1. The van der Waals surface area contributed by atoms with E-state index in [0.29, 0.717) is 31.0 Å². The molecule has 0 fully saturated rings. The van der Waals surface area contributed by atoms with Gasteiger partial charge in [0.05, 0.1) is 26.5 Å². The number of benzene rings is 2. The number of nitrogens with one attached hydrogen (secondary N) is 1. The maximum absolute atomic E-state index is 13.3. The van der Waals surface area contributed by atoms with Gasteiger partial charge in [-0.15, -0.1) is 0 Å². The average molecular weight is 444 g/mol. The molecule has 1 heterocycles. The van der Waals surface area contributed by atoms with Crippen LogP contribution in [0.5, 0.6) is 11.5 Å². The van der Waals surface area contributed by atoms with E-state index in [1.54, 1.807) is 31.3 Å². The lowest BCUT2D eigenvalue weighted by atomic mass is 10.0.